The molecule has 3 rings (SSSR count). The molecule has 1 aliphatic heterocycles. The van der Waals surface area contributed by atoms with Crippen LogP contribution in [0, 0.1) is 5.92 Å². The van der Waals surface area contributed by atoms with Crippen LogP contribution in [0.5, 0.6) is 0 Å². The average molecular weight is 249 g/mol. The second-order valence-corrected chi connectivity index (χ2v) is 5.43. The van der Waals surface area contributed by atoms with Crippen LogP contribution in [0.4, 0.5) is 0 Å². The minimum absolute atomic E-state index is 0.106. The maximum absolute atomic E-state index is 12.2. The Hall–Kier alpha value is -1.20. The van der Waals surface area contributed by atoms with Crippen LogP contribution in [-0.4, -0.2) is 22.6 Å². The molecule has 2 aromatic heterocycles. The molecule has 0 aliphatic carbocycles. The fraction of sp³-hybridized carbons (Fsp3) is 0.500. The number of fused-ring (bicyclic) bond motifs is 1. The molecule has 3 heterocycles. The summed E-state index contributed by atoms with van der Waals surface area (Å²) in [4.78, 5) is 17.4. The summed E-state index contributed by atoms with van der Waals surface area (Å²) in [6.45, 7) is 2.93. The highest BCUT2D eigenvalue weighted by Gasteiger charge is 2.15. The molecule has 5 heteroatoms. The van der Waals surface area contributed by atoms with Gasteiger partial charge in [-0.3, -0.25) is 9.36 Å². The summed E-state index contributed by atoms with van der Waals surface area (Å²) in [5.41, 5.74) is 0.106. The SMILES string of the molecule is O=c1c2ccsc2ncn1CC1CCNCC1. The Bertz CT molecular complexity index is 568. The Morgan fingerprint density at radius 3 is 3.12 bits per heavy atom. The van der Waals surface area contributed by atoms with Gasteiger partial charge in [-0.1, -0.05) is 0 Å². The van der Waals surface area contributed by atoms with Crippen LogP contribution in [0.2, 0.25) is 0 Å². The van der Waals surface area contributed by atoms with E-state index in [9.17, 15) is 4.79 Å². The molecular formula is C12H15N3OS. The van der Waals surface area contributed by atoms with Crippen LogP contribution < -0.4 is 10.9 Å². The van der Waals surface area contributed by atoms with Gasteiger partial charge in [0.1, 0.15) is 4.83 Å². The molecule has 0 atom stereocenters. The van der Waals surface area contributed by atoms with E-state index in [1.54, 1.807) is 10.9 Å². The van der Waals surface area contributed by atoms with E-state index in [1.807, 2.05) is 11.4 Å². The van der Waals surface area contributed by atoms with Gasteiger partial charge >= 0.3 is 0 Å². The van der Waals surface area contributed by atoms with Gasteiger partial charge in [0.2, 0.25) is 0 Å². The van der Waals surface area contributed by atoms with E-state index >= 15 is 0 Å². The third kappa shape index (κ3) is 2.12. The van der Waals surface area contributed by atoms with Gasteiger partial charge < -0.3 is 5.32 Å². The van der Waals surface area contributed by atoms with Gasteiger partial charge in [-0.05, 0) is 43.3 Å². The Labute approximate surface area is 103 Å². The van der Waals surface area contributed by atoms with Gasteiger partial charge in [-0.2, -0.15) is 0 Å². The largest absolute Gasteiger partial charge is 0.317 e. The number of rotatable bonds is 2. The van der Waals surface area contributed by atoms with Crippen molar-refractivity contribution >= 4 is 21.6 Å². The molecule has 0 aromatic carbocycles. The molecule has 1 fully saturated rings. The van der Waals surface area contributed by atoms with Gasteiger partial charge in [0.15, 0.2) is 0 Å². The number of hydrogen-bond donors (Lipinski definition) is 1. The van der Waals surface area contributed by atoms with Crippen molar-refractivity contribution < 1.29 is 0 Å². The molecule has 0 saturated carbocycles. The van der Waals surface area contributed by atoms with Crippen LogP contribution in [0.25, 0.3) is 10.2 Å². The lowest BCUT2D eigenvalue weighted by molar-refractivity contribution is 0.329. The fourth-order valence-corrected chi connectivity index (χ4v) is 3.09. The number of aromatic nitrogens is 2. The molecule has 17 heavy (non-hydrogen) atoms. The Morgan fingerprint density at radius 1 is 1.47 bits per heavy atom. The molecule has 0 amide bonds. The second-order valence-electron chi connectivity index (χ2n) is 4.53. The maximum atomic E-state index is 12.2. The summed E-state index contributed by atoms with van der Waals surface area (Å²) in [6.07, 6.45) is 3.99. The lowest BCUT2D eigenvalue weighted by Gasteiger charge is -2.22. The van der Waals surface area contributed by atoms with E-state index in [0.29, 0.717) is 5.92 Å². The second kappa shape index (κ2) is 4.58. The maximum Gasteiger partial charge on any atom is 0.262 e. The predicted molar refractivity (Wildman–Crippen MR) is 69.5 cm³/mol. The summed E-state index contributed by atoms with van der Waals surface area (Å²) < 4.78 is 1.77. The van der Waals surface area contributed by atoms with E-state index in [1.165, 1.54) is 11.3 Å². The third-order valence-electron chi connectivity index (χ3n) is 3.36. The Morgan fingerprint density at radius 2 is 2.29 bits per heavy atom. The minimum Gasteiger partial charge on any atom is -0.317 e. The quantitative estimate of drug-likeness (QED) is 0.876. The number of thiophene rings is 1. The van der Waals surface area contributed by atoms with E-state index in [2.05, 4.69) is 10.3 Å². The first-order chi connectivity index (χ1) is 8.34. The standard InChI is InChI=1S/C12H15N3OS/c16-12-10-3-6-17-11(10)14-8-15(12)7-9-1-4-13-5-2-9/h3,6,8-9,13H,1-2,4-5,7H2. The topological polar surface area (TPSA) is 46.9 Å². The monoisotopic (exact) mass is 249 g/mol. The van der Waals surface area contributed by atoms with Crippen LogP contribution in [-0.2, 0) is 6.54 Å². The first-order valence-electron chi connectivity index (χ1n) is 5.98. The van der Waals surface area contributed by atoms with Gasteiger partial charge in [0.05, 0.1) is 11.7 Å². The normalized spacial score (nSPS) is 17.6. The summed E-state index contributed by atoms with van der Waals surface area (Å²) in [7, 11) is 0. The summed E-state index contributed by atoms with van der Waals surface area (Å²) in [5, 5.41) is 6.02. The number of hydrogen-bond acceptors (Lipinski definition) is 4. The minimum atomic E-state index is 0.106. The summed E-state index contributed by atoms with van der Waals surface area (Å²) in [6, 6.07) is 1.87. The number of nitrogens with zero attached hydrogens (tertiary/aromatic N) is 2. The predicted octanol–water partition coefficient (Wildman–Crippen LogP) is 1.46. The molecule has 1 N–H and O–H groups in total. The van der Waals surface area contributed by atoms with Crippen molar-refractivity contribution in [1.82, 2.24) is 14.9 Å². The van der Waals surface area contributed by atoms with E-state index in [-0.39, 0.29) is 5.56 Å². The van der Waals surface area contributed by atoms with Crippen molar-refractivity contribution in [1.29, 1.82) is 0 Å². The lowest BCUT2D eigenvalue weighted by atomic mass is 9.98. The molecule has 0 bridgehead atoms. The van der Waals surface area contributed by atoms with Crippen molar-refractivity contribution in [3.8, 4) is 0 Å². The average Bonchev–Trinajstić information content (AvgIpc) is 2.83. The zero-order valence-corrected chi connectivity index (χ0v) is 10.4. The molecule has 2 aromatic rings. The summed E-state index contributed by atoms with van der Waals surface area (Å²) >= 11 is 1.52. The highest BCUT2D eigenvalue weighted by molar-refractivity contribution is 7.16. The van der Waals surface area contributed by atoms with Crippen molar-refractivity contribution in [2.75, 3.05) is 13.1 Å². The van der Waals surface area contributed by atoms with Crippen molar-refractivity contribution in [2.45, 2.75) is 19.4 Å². The number of nitrogens with one attached hydrogen (secondary N) is 1. The van der Waals surface area contributed by atoms with Crippen molar-refractivity contribution in [3.63, 3.8) is 0 Å². The van der Waals surface area contributed by atoms with Gasteiger partial charge in [0, 0.05) is 6.54 Å². The van der Waals surface area contributed by atoms with Crippen LogP contribution in [0.15, 0.2) is 22.6 Å². The third-order valence-corrected chi connectivity index (χ3v) is 4.18. The van der Waals surface area contributed by atoms with E-state index < -0.39 is 0 Å². The fourth-order valence-electron chi connectivity index (χ4n) is 2.37. The Balaban J connectivity index is 1.89. The van der Waals surface area contributed by atoms with Crippen molar-refractivity contribution in [3.05, 3.63) is 28.1 Å². The molecule has 0 spiro atoms. The van der Waals surface area contributed by atoms with Gasteiger partial charge in [-0.15, -0.1) is 11.3 Å². The molecule has 0 radical (unpaired) electrons. The van der Waals surface area contributed by atoms with Gasteiger partial charge in [-0.25, -0.2) is 4.98 Å². The van der Waals surface area contributed by atoms with E-state index in [4.69, 9.17) is 0 Å². The number of piperidine rings is 1. The lowest BCUT2D eigenvalue weighted by Crippen LogP contribution is -2.32. The van der Waals surface area contributed by atoms with E-state index in [0.717, 1.165) is 42.7 Å². The summed E-state index contributed by atoms with van der Waals surface area (Å²) in [5.74, 6) is 0.604. The zero-order valence-electron chi connectivity index (χ0n) is 9.56. The molecule has 0 unspecified atom stereocenters. The highest BCUT2D eigenvalue weighted by atomic mass is 32.1. The molecule has 1 aliphatic rings. The highest BCUT2D eigenvalue weighted by Crippen LogP contribution is 2.16. The van der Waals surface area contributed by atoms with Crippen LogP contribution >= 0.6 is 11.3 Å². The molecule has 90 valence electrons. The molecule has 4 nitrogen and oxygen atoms in total. The smallest absolute Gasteiger partial charge is 0.262 e. The molecular weight excluding hydrogens is 234 g/mol. The van der Waals surface area contributed by atoms with Crippen LogP contribution in [0.1, 0.15) is 12.8 Å². The first-order valence-corrected chi connectivity index (χ1v) is 6.86. The Kier molecular flexibility index (Phi) is 2.94. The zero-order chi connectivity index (χ0) is 11.7. The van der Waals surface area contributed by atoms with Crippen LogP contribution in [0.3, 0.4) is 0 Å². The van der Waals surface area contributed by atoms with Crippen molar-refractivity contribution in [2.24, 2.45) is 5.92 Å². The first kappa shape index (κ1) is 10.9. The van der Waals surface area contributed by atoms with Gasteiger partial charge in [0.25, 0.3) is 5.56 Å². The molecule has 1 saturated heterocycles.